The Labute approximate surface area is 193 Å². The van der Waals surface area contributed by atoms with Crippen LogP contribution in [-0.2, 0) is 16.2 Å². The smallest absolute Gasteiger partial charge is 0.273 e. The first-order valence-electron chi connectivity index (χ1n) is 10.4. The number of halogens is 1. The molecule has 4 rings (SSSR count). The summed E-state index contributed by atoms with van der Waals surface area (Å²) in [5.41, 5.74) is 5.00. The van der Waals surface area contributed by atoms with E-state index < -0.39 is 6.04 Å². The van der Waals surface area contributed by atoms with Gasteiger partial charge in [-0.25, -0.2) is 5.06 Å². The van der Waals surface area contributed by atoms with Gasteiger partial charge in [0.25, 0.3) is 5.91 Å². The van der Waals surface area contributed by atoms with Gasteiger partial charge in [0, 0.05) is 38.3 Å². The number of rotatable bonds is 7. The number of para-hydroxylation sites is 1. The Morgan fingerprint density at radius 1 is 1.03 bits per heavy atom. The van der Waals surface area contributed by atoms with Crippen LogP contribution in [-0.4, -0.2) is 16.0 Å². The van der Waals surface area contributed by atoms with Gasteiger partial charge in [-0.1, -0.05) is 84.9 Å². The average Bonchev–Trinajstić information content (AvgIpc) is 3.13. The van der Waals surface area contributed by atoms with E-state index in [-0.39, 0.29) is 12.5 Å². The lowest BCUT2D eigenvalue weighted by Gasteiger charge is -2.32. The zero-order valence-electron chi connectivity index (χ0n) is 18.1. The number of benzene rings is 3. The lowest BCUT2D eigenvalue weighted by atomic mass is 9.95. The van der Waals surface area contributed by atoms with Gasteiger partial charge in [0.1, 0.15) is 12.6 Å². The van der Waals surface area contributed by atoms with Crippen molar-refractivity contribution in [2.24, 2.45) is 0 Å². The summed E-state index contributed by atoms with van der Waals surface area (Å²) >= 11 is 6.66. The normalized spacial score (nSPS) is 12.0. The summed E-state index contributed by atoms with van der Waals surface area (Å²) in [6.45, 7) is 7.81. The van der Waals surface area contributed by atoms with Crippen LogP contribution >= 0.6 is 11.6 Å². The molecule has 1 aromatic heterocycles. The van der Waals surface area contributed by atoms with Crippen molar-refractivity contribution in [2.75, 3.05) is 0 Å². The van der Waals surface area contributed by atoms with Crippen LogP contribution in [0.15, 0.2) is 91.0 Å². The molecular weight excluding hydrogens is 420 g/mol. The van der Waals surface area contributed by atoms with Crippen LogP contribution in [0.1, 0.15) is 35.3 Å². The molecule has 0 fully saturated rings. The van der Waals surface area contributed by atoms with Crippen LogP contribution in [0.25, 0.3) is 10.9 Å². The monoisotopic (exact) mass is 444 g/mol. The van der Waals surface area contributed by atoms with Crippen LogP contribution in [0.4, 0.5) is 0 Å². The molecule has 32 heavy (non-hydrogen) atoms. The molecule has 0 bridgehead atoms. The molecule has 4 aromatic rings. The largest absolute Gasteiger partial charge is 0.358 e. The minimum Gasteiger partial charge on any atom is -0.358 e. The zero-order chi connectivity index (χ0) is 22.7. The van der Waals surface area contributed by atoms with Crippen molar-refractivity contribution in [3.05, 3.63) is 118 Å². The number of nitrogens with zero attached hydrogens (tertiary/aromatic N) is 1. The minimum absolute atomic E-state index is 0.238. The molecule has 0 aliphatic carbocycles. The fraction of sp³-hybridized carbons (Fsp3) is 0.148. The van der Waals surface area contributed by atoms with Gasteiger partial charge in [0.15, 0.2) is 0 Å². The fourth-order valence-corrected chi connectivity index (χ4v) is 4.14. The molecule has 0 saturated carbocycles. The summed E-state index contributed by atoms with van der Waals surface area (Å²) < 4.78 is 0. The van der Waals surface area contributed by atoms with Gasteiger partial charge < -0.3 is 4.98 Å². The van der Waals surface area contributed by atoms with Gasteiger partial charge in [-0.2, -0.15) is 0 Å². The highest BCUT2D eigenvalue weighted by molar-refractivity contribution is 6.31. The number of fused-ring (bicyclic) bond motifs is 1. The predicted octanol–water partition coefficient (Wildman–Crippen LogP) is 6.76. The van der Waals surface area contributed by atoms with E-state index in [9.17, 15) is 4.79 Å². The number of carbonyl (C=O) groups is 1. The number of hydroxylamine groups is 2. The molecule has 3 aromatic carbocycles. The Hall–Kier alpha value is -3.34. The fourth-order valence-electron chi connectivity index (χ4n) is 3.90. The molecule has 0 saturated heterocycles. The third kappa shape index (κ3) is 4.33. The van der Waals surface area contributed by atoms with Gasteiger partial charge >= 0.3 is 0 Å². The van der Waals surface area contributed by atoms with E-state index in [4.69, 9.17) is 16.4 Å². The maximum absolute atomic E-state index is 13.4. The molecule has 1 heterocycles. The maximum Gasteiger partial charge on any atom is 0.273 e. The van der Waals surface area contributed by atoms with Gasteiger partial charge in [-0.05, 0) is 31.5 Å². The molecule has 5 heteroatoms. The van der Waals surface area contributed by atoms with E-state index in [0.29, 0.717) is 10.6 Å². The Morgan fingerprint density at radius 2 is 1.69 bits per heavy atom. The van der Waals surface area contributed by atoms with Gasteiger partial charge in [0.05, 0.1) is 0 Å². The average molecular weight is 445 g/mol. The first kappa shape index (κ1) is 21.9. The van der Waals surface area contributed by atoms with Crippen molar-refractivity contribution < 1.29 is 9.63 Å². The molecule has 0 spiro atoms. The molecule has 4 nitrogen and oxygen atoms in total. The molecule has 1 atom stereocenters. The molecule has 1 amide bonds. The Bertz CT molecular complexity index is 1260. The second kappa shape index (κ2) is 9.43. The van der Waals surface area contributed by atoms with Crippen molar-refractivity contribution in [2.45, 2.75) is 26.5 Å². The second-order valence-corrected chi connectivity index (χ2v) is 8.21. The zero-order valence-corrected chi connectivity index (χ0v) is 18.9. The number of H-pyrrole nitrogens is 1. The Balaban J connectivity index is 1.89. The molecule has 1 unspecified atom stereocenters. The van der Waals surface area contributed by atoms with Gasteiger partial charge in [-0.3, -0.25) is 9.63 Å². The summed E-state index contributed by atoms with van der Waals surface area (Å²) in [6, 6.07) is 24.8. The lowest BCUT2D eigenvalue weighted by Crippen LogP contribution is -2.36. The summed E-state index contributed by atoms with van der Waals surface area (Å²) in [5, 5.41) is 2.99. The summed E-state index contributed by atoms with van der Waals surface area (Å²) in [6.07, 6.45) is 0. The van der Waals surface area contributed by atoms with Crippen LogP contribution in [0.3, 0.4) is 0 Å². The highest BCUT2D eigenvalue weighted by Crippen LogP contribution is 2.39. The van der Waals surface area contributed by atoms with Crippen molar-refractivity contribution in [1.82, 2.24) is 10.0 Å². The van der Waals surface area contributed by atoms with Gasteiger partial charge in [-0.15, -0.1) is 0 Å². The van der Waals surface area contributed by atoms with E-state index in [1.54, 1.807) is 6.92 Å². The number of aromatic nitrogens is 1. The highest BCUT2D eigenvalue weighted by atomic mass is 35.5. The van der Waals surface area contributed by atoms with E-state index in [1.807, 2.05) is 85.8 Å². The third-order valence-electron chi connectivity index (χ3n) is 5.43. The summed E-state index contributed by atoms with van der Waals surface area (Å²) in [7, 11) is 0. The van der Waals surface area contributed by atoms with Gasteiger partial charge in [0.2, 0.25) is 0 Å². The first-order valence-corrected chi connectivity index (χ1v) is 10.8. The highest BCUT2D eigenvalue weighted by Gasteiger charge is 2.33. The molecule has 162 valence electrons. The number of amides is 1. The maximum atomic E-state index is 13.4. The van der Waals surface area contributed by atoms with E-state index in [1.165, 1.54) is 5.06 Å². The number of hydrogen-bond acceptors (Lipinski definition) is 2. The summed E-state index contributed by atoms with van der Waals surface area (Å²) in [4.78, 5) is 23.0. The molecule has 0 radical (unpaired) electrons. The Morgan fingerprint density at radius 3 is 2.41 bits per heavy atom. The number of aryl methyl sites for hydroxylation is 1. The standard InChI is InChI=1S/C27H25ClN2O2/c1-18(2)27(31)30(32-17-20-11-5-4-6-12-20)26(21-13-7-9-15-23(21)28)25-19(3)29-24-16-10-8-14-22(24)25/h4-16,26,29H,1,17H2,2-3H3. The number of nitrogens with one attached hydrogen (secondary N) is 1. The molecule has 1 N–H and O–H groups in total. The third-order valence-corrected chi connectivity index (χ3v) is 5.77. The van der Waals surface area contributed by atoms with E-state index in [2.05, 4.69) is 11.6 Å². The van der Waals surface area contributed by atoms with Crippen molar-refractivity contribution >= 4 is 28.4 Å². The molecular formula is C27H25ClN2O2. The lowest BCUT2D eigenvalue weighted by molar-refractivity contribution is -0.198. The van der Waals surface area contributed by atoms with Crippen LogP contribution in [0.5, 0.6) is 0 Å². The van der Waals surface area contributed by atoms with E-state index in [0.717, 1.165) is 33.3 Å². The molecule has 0 aliphatic rings. The van der Waals surface area contributed by atoms with Crippen LogP contribution in [0.2, 0.25) is 5.02 Å². The number of aromatic amines is 1. The quantitative estimate of drug-likeness (QED) is 0.253. The second-order valence-electron chi connectivity index (χ2n) is 7.80. The molecule has 0 aliphatic heterocycles. The van der Waals surface area contributed by atoms with Crippen molar-refractivity contribution in [3.63, 3.8) is 0 Å². The van der Waals surface area contributed by atoms with Crippen LogP contribution in [0, 0.1) is 6.92 Å². The SMILES string of the molecule is C=C(C)C(=O)N(OCc1ccccc1)C(c1ccccc1Cl)c1c(C)[nH]c2ccccc12. The minimum atomic E-state index is -0.562. The first-order chi connectivity index (χ1) is 15.5. The van der Waals surface area contributed by atoms with Crippen LogP contribution < -0.4 is 0 Å². The topological polar surface area (TPSA) is 45.3 Å². The Kier molecular flexibility index (Phi) is 6.45. The number of carbonyl (C=O) groups excluding carboxylic acids is 1. The predicted molar refractivity (Wildman–Crippen MR) is 129 cm³/mol. The van der Waals surface area contributed by atoms with Crippen molar-refractivity contribution in [1.29, 1.82) is 0 Å². The summed E-state index contributed by atoms with van der Waals surface area (Å²) in [5.74, 6) is -0.296. The van der Waals surface area contributed by atoms with Crippen molar-refractivity contribution in [3.8, 4) is 0 Å². The number of hydrogen-bond donors (Lipinski definition) is 1. The van der Waals surface area contributed by atoms with E-state index >= 15 is 0 Å².